The minimum absolute atomic E-state index is 0.758. The van der Waals surface area contributed by atoms with Crippen LogP contribution in [0.3, 0.4) is 0 Å². The summed E-state index contributed by atoms with van der Waals surface area (Å²) in [5, 5.41) is 4.60. The molecule has 2 saturated heterocycles. The number of hydrogen-bond acceptors (Lipinski definition) is 5. The molecular weight excluding hydrogens is 280 g/mol. The SMILES string of the molecule is CNCc1sc(N2CCCN3CCCC3C2)nc1C1CC1. The van der Waals surface area contributed by atoms with Crippen molar-refractivity contribution in [3.8, 4) is 0 Å². The molecule has 2 aliphatic heterocycles. The summed E-state index contributed by atoms with van der Waals surface area (Å²) in [5.41, 5.74) is 1.40. The Bertz CT molecular complexity index is 496. The normalized spacial score (nSPS) is 26.9. The van der Waals surface area contributed by atoms with Gasteiger partial charge < -0.3 is 10.2 Å². The van der Waals surface area contributed by atoms with Crippen LogP contribution in [-0.4, -0.2) is 49.2 Å². The average Bonchev–Trinajstić information content (AvgIpc) is 3.17. The van der Waals surface area contributed by atoms with Crippen molar-refractivity contribution in [2.24, 2.45) is 0 Å². The molecule has 1 saturated carbocycles. The maximum atomic E-state index is 5.06. The summed E-state index contributed by atoms with van der Waals surface area (Å²) < 4.78 is 0. The monoisotopic (exact) mass is 306 g/mol. The van der Waals surface area contributed by atoms with E-state index in [2.05, 4.69) is 15.1 Å². The lowest BCUT2D eigenvalue weighted by atomic mass is 10.2. The maximum absolute atomic E-state index is 5.06. The molecule has 1 atom stereocenters. The van der Waals surface area contributed by atoms with E-state index in [4.69, 9.17) is 4.98 Å². The molecule has 1 aromatic rings. The van der Waals surface area contributed by atoms with Gasteiger partial charge in [-0.1, -0.05) is 0 Å². The molecule has 3 fully saturated rings. The molecule has 5 heteroatoms. The molecule has 0 spiro atoms. The topological polar surface area (TPSA) is 31.4 Å². The Kier molecular flexibility index (Phi) is 3.90. The Morgan fingerprint density at radius 1 is 1.19 bits per heavy atom. The average molecular weight is 306 g/mol. The van der Waals surface area contributed by atoms with Gasteiger partial charge in [-0.15, -0.1) is 11.3 Å². The molecule has 0 bridgehead atoms. The van der Waals surface area contributed by atoms with Gasteiger partial charge in [-0.2, -0.15) is 0 Å². The van der Waals surface area contributed by atoms with Crippen LogP contribution in [0.2, 0.25) is 0 Å². The predicted octanol–water partition coefficient (Wildman–Crippen LogP) is 2.41. The quantitative estimate of drug-likeness (QED) is 0.926. The van der Waals surface area contributed by atoms with Crippen LogP contribution in [0.1, 0.15) is 48.6 Å². The summed E-state index contributed by atoms with van der Waals surface area (Å²) in [4.78, 5) is 11.8. The molecule has 116 valence electrons. The first kappa shape index (κ1) is 14.0. The Labute approximate surface area is 131 Å². The highest BCUT2D eigenvalue weighted by Gasteiger charge is 2.33. The van der Waals surface area contributed by atoms with Gasteiger partial charge in [-0.3, -0.25) is 4.90 Å². The van der Waals surface area contributed by atoms with Crippen LogP contribution in [0, 0.1) is 0 Å². The minimum atomic E-state index is 0.758. The fourth-order valence-electron chi connectivity index (χ4n) is 3.83. The van der Waals surface area contributed by atoms with Crippen LogP contribution in [0.5, 0.6) is 0 Å². The fourth-order valence-corrected chi connectivity index (χ4v) is 5.02. The van der Waals surface area contributed by atoms with Crippen molar-refractivity contribution in [2.45, 2.75) is 50.6 Å². The number of nitrogens with one attached hydrogen (secondary N) is 1. The molecule has 1 N–H and O–H groups in total. The van der Waals surface area contributed by atoms with Crippen LogP contribution in [0.15, 0.2) is 0 Å². The van der Waals surface area contributed by atoms with Crippen molar-refractivity contribution in [3.05, 3.63) is 10.6 Å². The summed E-state index contributed by atoms with van der Waals surface area (Å²) in [6.07, 6.45) is 6.73. The van der Waals surface area contributed by atoms with Crippen molar-refractivity contribution < 1.29 is 0 Å². The Morgan fingerprint density at radius 3 is 2.86 bits per heavy atom. The summed E-state index contributed by atoms with van der Waals surface area (Å²) >= 11 is 1.94. The van der Waals surface area contributed by atoms with Crippen molar-refractivity contribution in [3.63, 3.8) is 0 Å². The Balaban J connectivity index is 1.55. The van der Waals surface area contributed by atoms with Gasteiger partial charge in [0.25, 0.3) is 0 Å². The van der Waals surface area contributed by atoms with Crippen molar-refractivity contribution in [1.29, 1.82) is 0 Å². The van der Waals surface area contributed by atoms with Gasteiger partial charge in [0.1, 0.15) is 0 Å². The van der Waals surface area contributed by atoms with Gasteiger partial charge in [-0.05, 0) is 45.7 Å². The van der Waals surface area contributed by atoms with E-state index >= 15 is 0 Å². The second kappa shape index (κ2) is 5.86. The van der Waals surface area contributed by atoms with Crippen LogP contribution < -0.4 is 10.2 Å². The first-order chi connectivity index (χ1) is 10.3. The smallest absolute Gasteiger partial charge is 0.185 e. The third-order valence-corrected chi connectivity index (χ3v) is 6.22. The van der Waals surface area contributed by atoms with E-state index < -0.39 is 0 Å². The number of hydrogen-bond donors (Lipinski definition) is 1. The second-order valence-corrected chi connectivity index (χ2v) is 7.80. The number of fused-ring (bicyclic) bond motifs is 1. The van der Waals surface area contributed by atoms with Gasteiger partial charge in [-0.25, -0.2) is 4.98 Å². The highest BCUT2D eigenvalue weighted by Crippen LogP contribution is 2.44. The highest BCUT2D eigenvalue weighted by molar-refractivity contribution is 7.15. The van der Waals surface area contributed by atoms with Crippen LogP contribution in [-0.2, 0) is 6.54 Å². The molecule has 4 rings (SSSR count). The molecule has 0 radical (unpaired) electrons. The van der Waals surface area contributed by atoms with Gasteiger partial charge in [0, 0.05) is 43.0 Å². The van der Waals surface area contributed by atoms with E-state index in [0.717, 1.165) is 18.5 Å². The summed E-state index contributed by atoms with van der Waals surface area (Å²) in [7, 11) is 2.04. The van der Waals surface area contributed by atoms with Crippen molar-refractivity contribution in [2.75, 3.05) is 38.1 Å². The van der Waals surface area contributed by atoms with Gasteiger partial charge in [0.2, 0.25) is 0 Å². The number of rotatable bonds is 4. The molecule has 1 unspecified atom stereocenters. The van der Waals surface area contributed by atoms with Gasteiger partial charge in [0.05, 0.1) is 5.69 Å². The van der Waals surface area contributed by atoms with E-state index in [-0.39, 0.29) is 0 Å². The highest BCUT2D eigenvalue weighted by atomic mass is 32.1. The predicted molar refractivity (Wildman–Crippen MR) is 88.3 cm³/mol. The van der Waals surface area contributed by atoms with Crippen LogP contribution in [0.25, 0.3) is 0 Å². The second-order valence-electron chi connectivity index (χ2n) is 6.74. The molecule has 1 aliphatic carbocycles. The third kappa shape index (κ3) is 2.83. The molecule has 21 heavy (non-hydrogen) atoms. The number of thiazole rings is 1. The standard InChI is InChI=1S/C16H26N4S/c1-17-10-14-15(12-5-6-12)18-16(21-14)20-9-3-8-19-7-2-4-13(19)11-20/h12-13,17H,2-11H2,1H3. The minimum Gasteiger partial charge on any atom is -0.346 e. The maximum Gasteiger partial charge on any atom is 0.185 e. The summed E-state index contributed by atoms with van der Waals surface area (Å²) in [5.74, 6) is 0.758. The molecule has 3 aliphatic rings. The first-order valence-electron chi connectivity index (χ1n) is 8.48. The van der Waals surface area contributed by atoms with E-state index in [1.165, 1.54) is 74.0 Å². The zero-order valence-corrected chi connectivity index (χ0v) is 13.8. The number of nitrogens with zero attached hydrogens (tertiary/aromatic N) is 3. The molecule has 1 aromatic heterocycles. The van der Waals surface area contributed by atoms with Crippen molar-refractivity contribution in [1.82, 2.24) is 15.2 Å². The molecule has 3 heterocycles. The fraction of sp³-hybridized carbons (Fsp3) is 0.812. The zero-order chi connectivity index (χ0) is 14.2. The van der Waals surface area contributed by atoms with Gasteiger partial charge >= 0.3 is 0 Å². The molecule has 0 amide bonds. The largest absolute Gasteiger partial charge is 0.346 e. The van der Waals surface area contributed by atoms with Crippen LogP contribution >= 0.6 is 11.3 Å². The summed E-state index contributed by atoms with van der Waals surface area (Å²) in [6.45, 7) is 5.95. The lowest BCUT2D eigenvalue weighted by Gasteiger charge is -2.25. The molecule has 4 nitrogen and oxygen atoms in total. The van der Waals surface area contributed by atoms with E-state index in [1.54, 1.807) is 0 Å². The first-order valence-corrected chi connectivity index (χ1v) is 9.30. The van der Waals surface area contributed by atoms with E-state index in [1.807, 2.05) is 18.4 Å². The van der Waals surface area contributed by atoms with E-state index in [0.29, 0.717) is 0 Å². The number of aromatic nitrogens is 1. The van der Waals surface area contributed by atoms with Crippen molar-refractivity contribution >= 4 is 16.5 Å². The molecular formula is C16H26N4S. The number of anilines is 1. The lowest BCUT2D eigenvalue weighted by molar-refractivity contribution is 0.273. The Hall–Kier alpha value is -0.650. The zero-order valence-electron chi connectivity index (χ0n) is 13.0. The van der Waals surface area contributed by atoms with E-state index in [9.17, 15) is 0 Å². The summed E-state index contributed by atoms with van der Waals surface area (Å²) in [6, 6.07) is 0.772. The Morgan fingerprint density at radius 2 is 2.05 bits per heavy atom. The molecule has 0 aromatic carbocycles. The third-order valence-electron chi connectivity index (χ3n) is 5.09. The van der Waals surface area contributed by atoms with Crippen LogP contribution in [0.4, 0.5) is 5.13 Å². The van der Waals surface area contributed by atoms with Gasteiger partial charge in [0.15, 0.2) is 5.13 Å². The lowest BCUT2D eigenvalue weighted by Crippen LogP contribution is -2.36.